The molecule has 1 heterocycles. The van der Waals surface area contributed by atoms with Gasteiger partial charge in [0.2, 0.25) is 0 Å². The summed E-state index contributed by atoms with van der Waals surface area (Å²) in [6.45, 7) is 0.861. The van der Waals surface area contributed by atoms with Crippen molar-refractivity contribution in [1.82, 2.24) is 5.32 Å². The van der Waals surface area contributed by atoms with Gasteiger partial charge in [-0.2, -0.15) is 0 Å². The molecule has 0 saturated heterocycles. The van der Waals surface area contributed by atoms with Gasteiger partial charge in [0.05, 0.1) is 7.11 Å². The Morgan fingerprint density at radius 1 is 1.15 bits per heavy atom. The molecule has 1 atom stereocenters. The average molecular weight is 269 g/mol. The first-order chi connectivity index (χ1) is 9.83. The molecule has 1 aliphatic rings. The Balaban J connectivity index is 2.03. The van der Waals surface area contributed by atoms with E-state index in [2.05, 4.69) is 29.6 Å². The first-order valence-corrected chi connectivity index (χ1v) is 6.90. The fourth-order valence-corrected chi connectivity index (χ4v) is 2.76. The van der Waals surface area contributed by atoms with E-state index in [1.54, 1.807) is 7.11 Å². The summed E-state index contributed by atoms with van der Waals surface area (Å²) in [5, 5.41) is 3.18. The number of ether oxygens (including phenoxy) is 2. The molecule has 3 heteroatoms. The Hall–Kier alpha value is -2.00. The molecule has 0 fully saturated rings. The molecular formula is C17H19NO2. The van der Waals surface area contributed by atoms with Gasteiger partial charge in [-0.25, -0.2) is 0 Å². The van der Waals surface area contributed by atoms with Gasteiger partial charge in [0.25, 0.3) is 0 Å². The van der Waals surface area contributed by atoms with Crippen molar-refractivity contribution in [2.45, 2.75) is 12.5 Å². The van der Waals surface area contributed by atoms with Gasteiger partial charge >= 0.3 is 0 Å². The largest absolute Gasteiger partial charge is 0.496 e. The third kappa shape index (κ3) is 2.25. The highest BCUT2D eigenvalue weighted by molar-refractivity contribution is 5.77. The number of hydrogen-bond acceptors (Lipinski definition) is 3. The number of para-hydroxylation sites is 2. The van der Waals surface area contributed by atoms with Crippen LogP contribution in [0.2, 0.25) is 0 Å². The van der Waals surface area contributed by atoms with E-state index in [-0.39, 0.29) is 6.10 Å². The van der Waals surface area contributed by atoms with E-state index < -0.39 is 0 Å². The van der Waals surface area contributed by atoms with Crippen molar-refractivity contribution in [3.05, 3.63) is 48.0 Å². The number of benzene rings is 2. The molecule has 2 aromatic carbocycles. The summed E-state index contributed by atoms with van der Waals surface area (Å²) in [7, 11) is 3.65. The van der Waals surface area contributed by atoms with Crippen molar-refractivity contribution < 1.29 is 9.47 Å². The molecule has 0 aliphatic carbocycles. The normalized spacial score (nSPS) is 16.6. The Kier molecular flexibility index (Phi) is 3.61. The average Bonchev–Trinajstić information content (AvgIpc) is 2.90. The van der Waals surface area contributed by atoms with Gasteiger partial charge < -0.3 is 14.8 Å². The highest BCUT2D eigenvalue weighted by Crippen LogP contribution is 2.41. The lowest BCUT2D eigenvalue weighted by Gasteiger charge is -2.14. The lowest BCUT2D eigenvalue weighted by molar-refractivity contribution is 0.232. The molecule has 104 valence electrons. The summed E-state index contributed by atoms with van der Waals surface area (Å²) in [6, 6.07) is 14.4. The zero-order valence-electron chi connectivity index (χ0n) is 11.8. The van der Waals surface area contributed by atoms with Crippen LogP contribution in [-0.2, 0) is 6.42 Å². The summed E-state index contributed by atoms with van der Waals surface area (Å²) in [4.78, 5) is 0. The van der Waals surface area contributed by atoms with E-state index in [4.69, 9.17) is 9.47 Å². The molecule has 0 bridgehead atoms. The van der Waals surface area contributed by atoms with Gasteiger partial charge in [0, 0.05) is 24.1 Å². The van der Waals surface area contributed by atoms with Crippen molar-refractivity contribution >= 4 is 0 Å². The van der Waals surface area contributed by atoms with E-state index >= 15 is 0 Å². The predicted octanol–water partition coefficient (Wildman–Crippen LogP) is 2.89. The van der Waals surface area contributed by atoms with E-state index in [0.29, 0.717) is 0 Å². The van der Waals surface area contributed by atoms with Gasteiger partial charge in [-0.1, -0.05) is 36.4 Å². The number of nitrogens with one attached hydrogen (secondary N) is 1. The molecule has 0 amide bonds. The minimum atomic E-state index is 0.214. The molecule has 0 saturated carbocycles. The molecule has 1 aliphatic heterocycles. The molecule has 3 nitrogen and oxygen atoms in total. The number of likely N-dealkylation sites (N-methyl/N-ethyl adjacent to an activating group) is 1. The predicted molar refractivity (Wildman–Crippen MR) is 80.5 cm³/mol. The van der Waals surface area contributed by atoms with Gasteiger partial charge in [-0.3, -0.25) is 0 Å². The second-order valence-corrected chi connectivity index (χ2v) is 5.00. The lowest BCUT2D eigenvalue weighted by Crippen LogP contribution is -2.27. The van der Waals surface area contributed by atoms with Crippen LogP contribution in [0.5, 0.6) is 11.5 Å². The Morgan fingerprint density at radius 3 is 2.75 bits per heavy atom. The summed E-state index contributed by atoms with van der Waals surface area (Å²) < 4.78 is 11.6. The number of fused-ring (bicyclic) bond motifs is 1. The van der Waals surface area contributed by atoms with Crippen LogP contribution in [-0.4, -0.2) is 26.8 Å². The molecule has 0 aromatic heterocycles. The zero-order chi connectivity index (χ0) is 13.9. The zero-order valence-corrected chi connectivity index (χ0v) is 11.8. The van der Waals surface area contributed by atoms with E-state index in [1.807, 2.05) is 25.2 Å². The Morgan fingerprint density at radius 2 is 1.95 bits per heavy atom. The van der Waals surface area contributed by atoms with Crippen LogP contribution in [0.1, 0.15) is 5.56 Å². The van der Waals surface area contributed by atoms with Crippen molar-refractivity contribution in [3.63, 3.8) is 0 Å². The molecule has 0 spiro atoms. The van der Waals surface area contributed by atoms with Crippen molar-refractivity contribution in [2.75, 3.05) is 20.7 Å². The summed E-state index contributed by atoms with van der Waals surface area (Å²) in [5.74, 6) is 1.87. The number of hydrogen-bond donors (Lipinski definition) is 1. The van der Waals surface area contributed by atoms with Crippen molar-refractivity contribution in [2.24, 2.45) is 0 Å². The van der Waals surface area contributed by atoms with Gasteiger partial charge in [-0.15, -0.1) is 0 Å². The van der Waals surface area contributed by atoms with Crippen LogP contribution >= 0.6 is 0 Å². The highest BCUT2D eigenvalue weighted by Gasteiger charge is 2.25. The van der Waals surface area contributed by atoms with Crippen LogP contribution in [0.25, 0.3) is 11.1 Å². The SMILES string of the molecule is CNC[C@@H]1Cc2cccc(-c3ccccc3OC)c2O1. The Bertz CT molecular complexity index is 610. The monoisotopic (exact) mass is 269 g/mol. The molecule has 1 N–H and O–H groups in total. The standard InChI is InChI=1S/C17H19NO2/c1-18-11-13-10-12-6-5-8-15(17(12)20-13)14-7-3-4-9-16(14)19-2/h3-9,13,18H,10-11H2,1-2H3/t13-/m0/s1. The maximum absolute atomic E-state index is 6.11. The minimum Gasteiger partial charge on any atom is -0.496 e. The van der Waals surface area contributed by atoms with Gasteiger partial charge in [-0.05, 0) is 18.7 Å². The second-order valence-electron chi connectivity index (χ2n) is 5.00. The summed E-state index contributed by atoms with van der Waals surface area (Å²) in [5.41, 5.74) is 3.46. The topological polar surface area (TPSA) is 30.5 Å². The van der Waals surface area contributed by atoms with E-state index in [9.17, 15) is 0 Å². The van der Waals surface area contributed by atoms with Crippen molar-refractivity contribution in [3.8, 4) is 22.6 Å². The molecule has 0 unspecified atom stereocenters. The highest BCUT2D eigenvalue weighted by atomic mass is 16.5. The maximum Gasteiger partial charge on any atom is 0.131 e. The molecule has 3 rings (SSSR count). The quantitative estimate of drug-likeness (QED) is 0.925. The minimum absolute atomic E-state index is 0.214. The lowest BCUT2D eigenvalue weighted by atomic mass is 10.00. The number of methoxy groups -OCH3 is 1. The fourth-order valence-electron chi connectivity index (χ4n) is 2.76. The van der Waals surface area contributed by atoms with Gasteiger partial charge in [0.15, 0.2) is 0 Å². The summed E-state index contributed by atoms with van der Waals surface area (Å²) in [6.07, 6.45) is 1.17. The molecular weight excluding hydrogens is 250 g/mol. The van der Waals surface area contributed by atoms with Gasteiger partial charge in [0.1, 0.15) is 17.6 Å². The van der Waals surface area contributed by atoms with Crippen LogP contribution in [0.3, 0.4) is 0 Å². The maximum atomic E-state index is 6.11. The fraction of sp³-hybridized carbons (Fsp3) is 0.294. The molecule has 2 aromatic rings. The molecule has 20 heavy (non-hydrogen) atoms. The third-order valence-electron chi connectivity index (χ3n) is 3.66. The van der Waals surface area contributed by atoms with E-state index in [0.717, 1.165) is 35.6 Å². The van der Waals surface area contributed by atoms with Crippen LogP contribution in [0.15, 0.2) is 42.5 Å². The van der Waals surface area contributed by atoms with Crippen LogP contribution in [0.4, 0.5) is 0 Å². The molecule has 0 radical (unpaired) electrons. The number of rotatable bonds is 4. The summed E-state index contributed by atoms with van der Waals surface area (Å²) >= 11 is 0. The first kappa shape index (κ1) is 13.0. The van der Waals surface area contributed by atoms with E-state index in [1.165, 1.54) is 5.56 Å². The smallest absolute Gasteiger partial charge is 0.131 e. The van der Waals surface area contributed by atoms with Crippen LogP contribution < -0.4 is 14.8 Å². The second kappa shape index (κ2) is 5.55. The van der Waals surface area contributed by atoms with Crippen molar-refractivity contribution in [1.29, 1.82) is 0 Å². The van der Waals surface area contributed by atoms with Crippen LogP contribution in [0, 0.1) is 0 Å². The Labute approximate surface area is 119 Å². The first-order valence-electron chi connectivity index (χ1n) is 6.90. The third-order valence-corrected chi connectivity index (χ3v) is 3.66.